The highest BCUT2D eigenvalue weighted by Crippen LogP contribution is 2.22. The largest absolute Gasteiger partial charge is 0.357 e. The van der Waals surface area contributed by atoms with Gasteiger partial charge in [-0.15, -0.1) is 0 Å². The van der Waals surface area contributed by atoms with Crippen molar-refractivity contribution in [2.75, 3.05) is 33.2 Å². The number of aliphatic imine (C=N–C) groups is 1. The number of amides is 3. The molecule has 1 atom stereocenters. The summed E-state index contributed by atoms with van der Waals surface area (Å²) in [6, 6.07) is 7.14. The lowest BCUT2D eigenvalue weighted by Crippen LogP contribution is -2.51. The van der Waals surface area contributed by atoms with Crippen molar-refractivity contribution in [1.82, 2.24) is 20.4 Å². The third-order valence-electron chi connectivity index (χ3n) is 5.25. The number of piperidine rings is 1. The Hall–Kier alpha value is -2.90. The van der Waals surface area contributed by atoms with Gasteiger partial charge in [-0.25, -0.2) is 0 Å². The Balaban J connectivity index is 1.45. The number of rotatable bonds is 7. The minimum Gasteiger partial charge on any atom is -0.357 e. The van der Waals surface area contributed by atoms with E-state index in [0.29, 0.717) is 43.6 Å². The average molecular weight is 399 g/mol. The number of nitrogens with one attached hydrogen (secondary N) is 2. The summed E-state index contributed by atoms with van der Waals surface area (Å²) >= 11 is 0. The first-order valence-electron chi connectivity index (χ1n) is 10.2. The van der Waals surface area contributed by atoms with Crippen LogP contribution in [0, 0.1) is 0 Å². The van der Waals surface area contributed by atoms with Gasteiger partial charge in [0, 0.05) is 45.7 Å². The van der Waals surface area contributed by atoms with Crippen molar-refractivity contribution in [1.29, 1.82) is 0 Å². The molecule has 8 heteroatoms. The van der Waals surface area contributed by atoms with Gasteiger partial charge in [-0.05, 0) is 38.3 Å². The number of guanidine groups is 1. The van der Waals surface area contributed by atoms with Crippen molar-refractivity contribution in [2.24, 2.45) is 4.99 Å². The molecule has 0 aliphatic carbocycles. The van der Waals surface area contributed by atoms with E-state index in [-0.39, 0.29) is 23.8 Å². The van der Waals surface area contributed by atoms with E-state index in [1.807, 2.05) is 14.0 Å². The number of unbranched alkanes of at least 4 members (excludes halogenated alkanes) is 1. The second kappa shape index (κ2) is 9.54. The van der Waals surface area contributed by atoms with Crippen molar-refractivity contribution < 1.29 is 14.4 Å². The molecule has 2 aliphatic rings. The Morgan fingerprint density at radius 3 is 2.45 bits per heavy atom. The van der Waals surface area contributed by atoms with Crippen molar-refractivity contribution >= 4 is 23.7 Å². The quantitative estimate of drug-likeness (QED) is 0.311. The summed E-state index contributed by atoms with van der Waals surface area (Å²) in [4.78, 5) is 44.0. The van der Waals surface area contributed by atoms with Crippen molar-refractivity contribution in [3.8, 4) is 0 Å². The van der Waals surface area contributed by atoms with Crippen molar-refractivity contribution in [2.45, 2.75) is 38.6 Å². The summed E-state index contributed by atoms with van der Waals surface area (Å²) < 4.78 is 0. The van der Waals surface area contributed by atoms with E-state index in [1.165, 1.54) is 4.90 Å². The molecular weight excluding hydrogens is 370 g/mol. The van der Waals surface area contributed by atoms with E-state index in [9.17, 15) is 14.4 Å². The van der Waals surface area contributed by atoms with Gasteiger partial charge < -0.3 is 15.5 Å². The molecule has 8 nitrogen and oxygen atoms in total. The number of hydrogen-bond acceptors (Lipinski definition) is 4. The van der Waals surface area contributed by atoms with Crippen LogP contribution in [0.4, 0.5) is 0 Å². The van der Waals surface area contributed by atoms with E-state index in [2.05, 4.69) is 15.6 Å². The second-order valence-electron chi connectivity index (χ2n) is 7.43. The predicted octanol–water partition coefficient (Wildman–Crippen LogP) is 1.24. The number of carbonyl (C=O) groups excluding carboxylic acids is 3. The molecule has 2 heterocycles. The first-order chi connectivity index (χ1) is 14.0. The fourth-order valence-electron chi connectivity index (χ4n) is 3.66. The van der Waals surface area contributed by atoms with Gasteiger partial charge in [-0.3, -0.25) is 24.3 Å². The summed E-state index contributed by atoms with van der Waals surface area (Å²) in [5, 5.41) is 6.62. The monoisotopic (exact) mass is 399 g/mol. The van der Waals surface area contributed by atoms with Crippen LogP contribution in [0.25, 0.3) is 0 Å². The van der Waals surface area contributed by atoms with Crippen LogP contribution in [0.15, 0.2) is 29.3 Å². The molecule has 1 saturated heterocycles. The number of imide groups is 1. The maximum absolute atomic E-state index is 12.4. The van der Waals surface area contributed by atoms with Gasteiger partial charge in [-0.1, -0.05) is 12.1 Å². The fraction of sp³-hybridized carbons (Fsp3) is 0.524. The van der Waals surface area contributed by atoms with Gasteiger partial charge in [0.1, 0.15) is 0 Å². The molecule has 1 aromatic rings. The highest BCUT2D eigenvalue weighted by atomic mass is 16.2. The molecule has 0 saturated carbocycles. The molecule has 3 rings (SSSR count). The summed E-state index contributed by atoms with van der Waals surface area (Å²) in [7, 11) is 1.82. The van der Waals surface area contributed by atoms with Gasteiger partial charge in [-0.2, -0.15) is 0 Å². The van der Waals surface area contributed by atoms with E-state index in [0.717, 1.165) is 25.3 Å². The lowest BCUT2D eigenvalue weighted by molar-refractivity contribution is -0.132. The number of carbonyl (C=O) groups is 3. The van der Waals surface area contributed by atoms with Crippen molar-refractivity contribution in [3.63, 3.8) is 0 Å². The van der Waals surface area contributed by atoms with Crippen LogP contribution >= 0.6 is 0 Å². The Labute approximate surface area is 171 Å². The minimum absolute atomic E-state index is 0.179. The molecule has 0 bridgehead atoms. The molecule has 0 spiro atoms. The third-order valence-corrected chi connectivity index (χ3v) is 5.25. The average Bonchev–Trinajstić information content (AvgIpc) is 2.95. The van der Waals surface area contributed by atoms with Gasteiger partial charge in [0.05, 0.1) is 11.1 Å². The van der Waals surface area contributed by atoms with Crippen LogP contribution in [-0.4, -0.2) is 72.7 Å². The maximum Gasteiger partial charge on any atom is 0.261 e. The molecular formula is C21H29N5O3. The number of benzene rings is 1. The van der Waals surface area contributed by atoms with Crippen LogP contribution in [0.1, 0.15) is 53.3 Å². The molecule has 29 heavy (non-hydrogen) atoms. The van der Waals surface area contributed by atoms with Crippen LogP contribution < -0.4 is 10.6 Å². The fourth-order valence-corrected chi connectivity index (χ4v) is 3.66. The lowest BCUT2D eigenvalue weighted by atomic mass is 10.1. The van der Waals surface area contributed by atoms with Crippen LogP contribution in [0.2, 0.25) is 0 Å². The SMILES string of the molecule is CCNC(=NCCCCN1C(=O)c2ccccc2C1=O)NC1CCC(=O)N(C)C1. The number of hydrogen-bond donors (Lipinski definition) is 2. The van der Waals surface area contributed by atoms with Gasteiger partial charge in [0.2, 0.25) is 5.91 Å². The molecule has 3 amide bonds. The van der Waals surface area contributed by atoms with Gasteiger partial charge >= 0.3 is 0 Å². The molecule has 1 aromatic carbocycles. The maximum atomic E-state index is 12.4. The van der Waals surface area contributed by atoms with Crippen LogP contribution in [0.5, 0.6) is 0 Å². The number of likely N-dealkylation sites (N-methyl/N-ethyl adjacent to an activating group) is 1. The van der Waals surface area contributed by atoms with Crippen LogP contribution in [-0.2, 0) is 4.79 Å². The number of fused-ring (bicyclic) bond motifs is 1. The summed E-state index contributed by atoms with van der Waals surface area (Å²) in [5.41, 5.74) is 0.982. The normalized spacial score (nSPS) is 19.6. The lowest BCUT2D eigenvalue weighted by Gasteiger charge is -2.31. The molecule has 1 fully saturated rings. The van der Waals surface area contributed by atoms with Crippen molar-refractivity contribution in [3.05, 3.63) is 35.4 Å². The highest BCUT2D eigenvalue weighted by molar-refractivity contribution is 6.21. The Morgan fingerprint density at radius 1 is 1.14 bits per heavy atom. The first-order valence-corrected chi connectivity index (χ1v) is 10.2. The standard InChI is InChI=1S/C21H29N5O3/c1-3-22-21(24-15-10-11-18(27)25(2)14-15)23-12-6-7-13-26-19(28)16-8-4-5-9-17(16)20(26)29/h4-5,8-9,15H,3,6-7,10-14H2,1-2H3,(H2,22,23,24). The van der Waals surface area contributed by atoms with E-state index < -0.39 is 0 Å². The minimum atomic E-state index is -0.208. The predicted molar refractivity (Wildman–Crippen MR) is 111 cm³/mol. The zero-order valence-electron chi connectivity index (χ0n) is 17.1. The first kappa shape index (κ1) is 20.8. The zero-order chi connectivity index (χ0) is 20.8. The van der Waals surface area contributed by atoms with E-state index in [4.69, 9.17) is 0 Å². The van der Waals surface area contributed by atoms with Gasteiger partial charge in [0.15, 0.2) is 5.96 Å². The molecule has 1 unspecified atom stereocenters. The topological polar surface area (TPSA) is 94.1 Å². The van der Waals surface area contributed by atoms with E-state index in [1.54, 1.807) is 29.2 Å². The Bertz CT molecular complexity index is 772. The second-order valence-corrected chi connectivity index (χ2v) is 7.43. The number of likely N-dealkylation sites (tertiary alicyclic amines) is 1. The summed E-state index contributed by atoms with van der Waals surface area (Å²) in [5.74, 6) is 0.499. The zero-order valence-corrected chi connectivity index (χ0v) is 17.1. The smallest absolute Gasteiger partial charge is 0.261 e. The molecule has 0 aromatic heterocycles. The summed E-state index contributed by atoms with van der Waals surface area (Å²) in [6.45, 7) is 4.43. The summed E-state index contributed by atoms with van der Waals surface area (Å²) in [6.07, 6.45) is 2.82. The van der Waals surface area contributed by atoms with E-state index >= 15 is 0 Å². The molecule has 2 aliphatic heterocycles. The Kier molecular flexibility index (Phi) is 6.85. The molecule has 0 radical (unpaired) electrons. The number of nitrogens with zero attached hydrogens (tertiary/aromatic N) is 3. The molecule has 156 valence electrons. The molecule has 2 N–H and O–H groups in total. The van der Waals surface area contributed by atoms with Crippen LogP contribution in [0.3, 0.4) is 0 Å². The van der Waals surface area contributed by atoms with Gasteiger partial charge in [0.25, 0.3) is 11.8 Å². The highest BCUT2D eigenvalue weighted by Gasteiger charge is 2.34. The third kappa shape index (κ3) is 4.93. The Morgan fingerprint density at radius 2 is 1.83 bits per heavy atom.